The summed E-state index contributed by atoms with van der Waals surface area (Å²) in [5, 5.41) is 13.0. The van der Waals surface area contributed by atoms with Crippen molar-refractivity contribution in [3.8, 4) is 0 Å². The molecular formula is C25H30FN3O2. The maximum atomic E-state index is 13.2. The zero-order chi connectivity index (χ0) is 21.8. The van der Waals surface area contributed by atoms with Gasteiger partial charge in [0.05, 0.1) is 6.61 Å². The molecule has 0 saturated carbocycles. The van der Waals surface area contributed by atoms with Crippen LogP contribution in [0.4, 0.5) is 14.9 Å². The Morgan fingerprint density at radius 1 is 1.13 bits per heavy atom. The van der Waals surface area contributed by atoms with Crippen molar-refractivity contribution in [2.24, 2.45) is 0 Å². The van der Waals surface area contributed by atoms with Crippen molar-refractivity contribution in [3.05, 3.63) is 71.6 Å². The third-order valence-corrected chi connectivity index (χ3v) is 6.43. The molecule has 2 heterocycles. The van der Waals surface area contributed by atoms with E-state index in [1.54, 1.807) is 12.1 Å². The molecule has 2 saturated heterocycles. The summed E-state index contributed by atoms with van der Waals surface area (Å²) in [5.41, 5.74) is 2.94. The first-order valence-corrected chi connectivity index (χ1v) is 11.0. The van der Waals surface area contributed by atoms with Crippen molar-refractivity contribution in [2.75, 3.05) is 31.6 Å². The number of urea groups is 1. The minimum atomic E-state index is -0.326. The zero-order valence-electron chi connectivity index (χ0n) is 17.9. The van der Waals surface area contributed by atoms with E-state index in [-0.39, 0.29) is 36.5 Å². The number of amides is 2. The van der Waals surface area contributed by atoms with E-state index in [2.05, 4.69) is 40.6 Å². The molecule has 4 rings (SSSR count). The maximum Gasteiger partial charge on any atom is 0.321 e. The molecule has 6 heteroatoms. The minimum Gasteiger partial charge on any atom is -0.395 e. The summed E-state index contributed by atoms with van der Waals surface area (Å²) in [7, 11) is 0. The van der Waals surface area contributed by atoms with Crippen LogP contribution in [-0.2, 0) is 0 Å². The number of rotatable bonds is 4. The lowest BCUT2D eigenvalue weighted by atomic mass is 9.74. The third kappa shape index (κ3) is 4.65. The lowest BCUT2D eigenvalue weighted by Gasteiger charge is -2.57. The van der Waals surface area contributed by atoms with Crippen LogP contribution in [0.5, 0.6) is 0 Å². The Morgan fingerprint density at radius 3 is 2.52 bits per heavy atom. The van der Waals surface area contributed by atoms with Gasteiger partial charge in [-0.05, 0) is 61.7 Å². The molecule has 5 nitrogen and oxygen atoms in total. The Balaban J connectivity index is 1.51. The number of aliphatic hydroxyl groups is 1. The van der Waals surface area contributed by atoms with Crippen LogP contribution >= 0.6 is 0 Å². The molecule has 2 aliphatic heterocycles. The number of nitrogens with one attached hydrogen (secondary N) is 1. The summed E-state index contributed by atoms with van der Waals surface area (Å²) in [5.74, 6) is -0.142. The van der Waals surface area contributed by atoms with Crippen molar-refractivity contribution >= 4 is 17.8 Å². The summed E-state index contributed by atoms with van der Waals surface area (Å²) in [6.45, 7) is 4.34. The summed E-state index contributed by atoms with van der Waals surface area (Å²) < 4.78 is 13.2. The van der Waals surface area contributed by atoms with E-state index in [1.807, 2.05) is 17.9 Å². The van der Waals surface area contributed by atoms with Gasteiger partial charge in [-0.3, -0.25) is 4.90 Å². The van der Waals surface area contributed by atoms with Crippen molar-refractivity contribution < 1.29 is 14.3 Å². The highest BCUT2D eigenvalue weighted by Crippen LogP contribution is 2.42. The number of anilines is 1. The number of carbonyl (C=O) groups excluding carboxylic acids is 1. The van der Waals surface area contributed by atoms with Crippen LogP contribution in [0.25, 0.3) is 6.08 Å². The molecular weight excluding hydrogens is 393 g/mol. The number of nitrogens with zero attached hydrogens (tertiary/aromatic N) is 2. The molecule has 31 heavy (non-hydrogen) atoms. The van der Waals surface area contributed by atoms with E-state index in [9.17, 15) is 14.3 Å². The van der Waals surface area contributed by atoms with Gasteiger partial charge in [0, 0.05) is 36.8 Å². The van der Waals surface area contributed by atoms with Crippen LogP contribution in [0.15, 0.2) is 54.6 Å². The number of hydrogen-bond donors (Lipinski definition) is 2. The van der Waals surface area contributed by atoms with Crippen LogP contribution in [-0.4, -0.2) is 59.3 Å². The van der Waals surface area contributed by atoms with Crippen molar-refractivity contribution in [2.45, 2.75) is 37.8 Å². The number of allylic oxidation sites excluding steroid dienone is 1. The monoisotopic (exact) mass is 423 g/mol. The van der Waals surface area contributed by atoms with Crippen LogP contribution in [0, 0.1) is 5.82 Å². The van der Waals surface area contributed by atoms with Gasteiger partial charge in [-0.15, -0.1) is 0 Å². The molecule has 0 bridgehead atoms. The van der Waals surface area contributed by atoms with Gasteiger partial charge in [0.1, 0.15) is 5.82 Å². The van der Waals surface area contributed by atoms with Crippen molar-refractivity contribution in [1.82, 2.24) is 9.80 Å². The van der Waals surface area contributed by atoms with Gasteiger partial charge < -0.3 is 15.3 Å². The van der Waals surface area contributed by atoms with E-state index < -0.39 is 0 Å². The average Bonchev–Trinajstić information content (AvgIpc) is 2.75. The number of benzene rings is 2. The Morgan fingerprint density at radius 2 is 1.84 bits per heavy atom. The largest absolute Gasteiger partial charge is 0.395 e. The molecule has 2 fully saturated rings. The highest BCUT2D eigenvalue weighted by molar-refractivity contribution is 5.89. The van der Waals surface area contributed by atoms with Crippen LogP contribution in [0.3, 0.4) is 0 Å². The number of carbonyl (C=O) groups is 1. The van der Waals surface area contributed by atoms with E-state index in [1.165, 1.54) is 17.7 Å². The molecule has 0 aliphatic carbocycles. The van der Waals surface area contributed by atoms with E-state index in [0.717, 1.165) is 24.9 Å². The fourth-order valence-corrected chi connectivity index (χ4v) is 4.88. The van der Waals surface area contributed by atoms with Crippen LogP contribution in [0.1, 0.15) is 36.8 Å². The lowest BCUT2D eigenvalue weighted by molar-refractivity contribution is -0.0585. The molecule has 0 spiro atoms. The Hall–Kier alpha value is -2.70. The minimum absolute atomic E-state index is 0.0812. The SMILES string of the molecule is CC=Cc1ccc([C@@H]2[C@@H](CO)N3CCCCN(C(=O)Nc4ccc(F)cc4)C[C@H]23)cc1. The van der Waals surface area contributed by atoms with Crippen LogP contribution in [0.2, 0.25) is 0 Å². The third-order valence-electron chi connectivity index (χ3n) is 6.43. The fraction of sp³-hybridized carbons (Fsp3) is 0.400. The van der Waals surface area contributed by atoms with Gasteiger partial charge in [0.25, 0.3) is 0 Å². The normalized spacial score (nSPS) is 24.2. The first-order chi connectivity index (χ1) is 15.1. The quantitative estimate of drug-likeness (QED) is 0.770. The van der Waals surface area contributed by atoms with Gasteiger partial charge in [0.15, 0.2) is 0 Å². The Kier molecular flexibility index (Phi) is 6.68. The number of fused-ring (bicyclic) bond motifs is 1. The average molecular weight is 424 g/mol. The second-order valence-corrected chi connectivity index (χ2v) is 8.34. The highest BCUT2D eigenvalue weighted by atomic mass is 19.1. The van der Waals surface area contributed by atoms with Gasteiger partial charge >= 0.3 is 6.03 Å². The van der Waals surface area contributed by atoms with E-state index >= 15 is 0 Å². The number of hydrogen-bond acceptors (Lipinski definition) is 3. The lowest BCUT2D eigenvalue weighted by Crippen LogP contribution is -2.68. The predicted molar refractivity (Wildman–Crippen MR) is 121 cm³/mol. The maximum absolute atomic E-state index is 13.2. The second kappa shape index (κ2) is 9.62. The highest BCUT2D eigenvalue weighted by Gasteiger charge is 2.49. The molecule has 2 aromatic carbocycles. The van der Waals surface area contributed by atoms with Gasteiger partial charge in [0.2, 0.25) is 0 Å². The molecule has 3 atom stereocenters. The zero-order valence-corrected chi connectivity index (χ0v) is 17.9. The van der Waals surface area contributed by atoms with Crippen LogP contribution < -0.4 is 5.32 Å². The molecule has 2 aliphatic rings. The molecule has 2 amide bonds. The molecule has 164 valence electrons. The molecule has 0 unspecified atom stereocenters. The van der Waals surface area contributed by atoms with Gasteiger partial charge in [-0.1, -0.05) is 36.4 Å². The van der Waals surface area contributed by atoms with Gasteiger partial charge in [-0.2, -0.15) is 0 Å². The topological polar surface area (TPSA) is 55.8 Å². The fourth-order valence-electron chi connectivity index (χ4n) is 4.88. The molecule has 0 aromatic heterocycles. The number of aliphatic hydroxyl groups excluding tert-OH is 1. The summed E-state index contributed by atoms with van der Waals surface area (Å²) in [4.78, 5) is 17.2. The molecule has 2 aromatic rings. The van der Waals surface area contributed by atoms with Crippen molar-refractivity contribution in [1.29, 1.82) is 0 Å². The van der Waals surface area contributed by atoms with Gasteiger partial charge in [-0.25, -0.2) is 9.18 Å². The van der Waals surface area contributed by atoms with Crippen molar-refractivity contribution in [3.63, 3.8) is 0 Å². The first kappa shape index (κ1) is 21.5. The van der Waals surface area contributed by atoms with E-state index in [4.69, 9.17) is 0 Å². The summed E-state index contributed by atoms with van der Waals surface area (Å²) in [6.07, 6.45) is 5.99. The summed E-state index contributed by atoms with van der Waals surface area (Å²) in [6, 6.07) is 14.4. The number of halogens is 1. The standard InChI is InChI=1S/C25H30FN3O2/c1-2-5-18-6-8-19(9-7-18)24-22-16-28(14-3-4-15-29(22)23(24)17-30)25(31)27-21-12-10-20(26)11-13-21/h2,5-13,22-24,30H,3-4,14-17H2,1H3,(H,27,31)/t22-,23-,24+/m1/s1. The smallest absolute Gasteiger partial charge is 0.321 e. The molecule has 0 radical (unpaired) electrons. The second-order valence-electron chi connectivity index (χ2n) is 8.34. The Bertz CT molecular complexity index is 913. The first-order valence-electron chi connectivity index (χ1n) is 11.0. The predicted octanol–water partition coefficient (Wildman–Crippen LogP) is 4.32. The summed E-state index contributed by atoms with van der Waals surface area (Å²) >= 11 is 0. The Labute approximate surface area is 183 Å². The molecule has 2 N–H and O–H groups in total. The van der Waals surface area contributed by atoms with E-state index in [0.29, 0.717) is 18.8 Å².